The van der Waals surface area contributed by atoms with E-state index in [0.717, 1.165) is 35.5 Å². The average molecular weight is 435 g/mol. The number of rotatable bonds is 5. The monoisotopic (exact) mass is 434 g/mol. The van der Waals surface area contributed by atoms with Gasteiger partial charge in [-0.3, -0.25) is 19.3 Å². The molecular weight excluding hydrogens is 407 g/mol. The van der Waals surface area contributed by atoms with Crippen molar-refractivity contribution in [1.82, 2.24) is 4.90 Å². The van der Waals surface area contributed by atoms with Crippen LogP contribution in [0.5, 0.6) is 0 Å². The van der Waals surface area contributed by atoms with Gasteiger partial charge in [-0.25, -0.2) is 4.39 Å². The summed E-state index contributed by atoms with van der Waals surface area (Å²) in [5, 5.41) is -0.570. The van der Waals surface area contributed by atoms with E-state index in [9.17, 15) is 14.4 Å². The number of thioether (sulfide) groups is 1. The number of methoxy groups -OCH3 is 1. The minimum atomic E-state index is -0.689. The van der Waals surface area contributed by atoms with Crippen molar-refractivity contribution in [2.45, 2.75) is 52.0 Å². The minimum Gasteiger partial charge on any atom is -0.468 e. The summed E-state index contributed by atoms with van der Waals surface area (Å²) in [6.07, 6.45) is 3.28. The number of carbonyl (C=O) groups excluding carboxylic acids is 3. The van der Waals surface area contributed by atoms with Gasteiger partial charge in [0.1, 0.15) is 12.4 Å². The number of carbonyl (C=O) groups is 3. The van der Waals surface area contributed by atoms with Crippen molar-refractivity contribution in [3.05, 3.63) is 34.0 Å². The molecule has 1 aromatic rings. The van der Waals surface area contributed by atoms with Crippen LogP contribution < -0.4 is 4.90 Å². The Balaban J connectivity index is 1.97. The molecule has 1 atom stereocenters. The Bertz CT molecular complexity index is 928. The van der Waals surface area contributed by atoms with Gasteiger partial charge in [-0.1, -0.05) is 13.8 Å². The van der Waals surface area contributed by atoms with Crippen LogP contribution in [0.2, 0.25) is 0 Å². The number of ether oxygens (including phenoxy) is 1. The van der Waals surface area contributed by atoms with Crippen molar-refractivity contribution in [2.75, 3.05) is 25.1 Å². The standard InChI is InChI=1S/C22H27FN2O4S/c1-6-7-25-17-10-16(23)14(8-15(17)13(2)11-22(25,3)4)9-18-20(27)24(21(28)30-18)12-19(26)29-5/h8-10,13H,6-7,11-12H2,1-5H3/b18-9-. The molecule has 1 aromatic carbocycles. The van der Waals surface area contributed by atoms with E-state index in [-0.39, 0.29) is 21.9 Å². The van der Waals surface area contributed by atoms with E-state index in [0.29, 0.717) is 11.8 Å². The summed E-state index contributed by atoms with van der Waals surface area (Å²) in [4.78, 5) is 39.3. The first-order valence-corrected chi connectivity index (χ1v) is 10.8. The van der Waals surface area contributed by atoms with Gasteiger partial charge >= 0.3 is 5.97 Å². The minimum absolute atomic E-state index is 0.0765. The Morgan fingerprint density at radius 1 is 1.37 bits per heavy atom. The molecule has 2 aliphatic rings. The lowest BCUT2D eigenvalue weighted by molar-refractivity contribution is -0.143. The fourth-order valence-corrected chi connectivity index (χ4v) is 5.08. The second-order valence-electron chi connectivity index (χ2n) is 8.35. The number of hydrogen-bond donors (Lipinski definition) is 0. The molecule has 3 rings (SSSR count). The lowest BCUT2D eigenvalue weighted by Gasteiger charge is -2.47. The molecule has 8 heteroatoms. The Kier molecular flexibility index (Phi) is 6.26. The van der Waals surface area contributed by atoms with Crippen LogP contribution >= 0.6 is 11.8 Å². The molecule has 0 aliphatic carbocycles. The number of hydrogen-bond acceptors (Lipinski definition) is 6. The number of imide groups is 1. The molecule has 0 N–H and O–H groups in total. The summed E-state index contributed by atoms with van der Waals surface area (Å²) in [6, 6.07) is 3.31. The number of anilines is 1. The molecule has 2 aliphatic heterocycles. The van der Waals surface area contributed by atoms with Crippen LogP contribution in [0.4, 0.5) is 14.9 Å². The van der Waals surface area contributed by atoms with E-state index >= 15 is 4.39 Å². The van der Waals surface area contributed by atoms with Crippen LogP contribution in [-0.2, 0) is 14.3 Å². The fourth-order valence-electron chi connectivity index (χ4n) is 4.25. The summed E-state index contributed by atoms with van der Waals surface area (Å²) >= 11 is 0.698. The van der Waals surface area contributed by atoms with Gasteiger partial charge in [0.25, 0.3) is 11.1 Å². The van der Waals surface area contributed by atoms with Crippen molar-refractivity contribution >= 4 is 40.6 Å². The molecule has 0 saturated carbocycles. The molecule has 1 unspecified atom stereocenters. The summed E-state index contributed by atoms with van der Waals surface area (Å²) in [5.41, 5.74) is 2.10. The lowest BCUT2D eigenvalue weighted by atomic mass is 9.79. The van der Waals surface area contributed by atoms with Crippen LogP contribution in [0.15, 0.2) is 17.0 Å². The molecule has 6 nitrogen and oxygen atoms in total. The van der Waals surface area contributed by atoms with Gasteiger partial charge in [0.15, 0.2) is 0 Å². The topological polar surface area (TPSA) is 66.9 Å². The average Bonchev–Trinajstić information content (AvgIpc) is 2.93. The second-order valence-corrected chi connectivity index (χ2v) is 9.34. The van der Waals surface area contributed by atoms with Crippen molar-refractivity contribution in [3.63, 3.8) is 0 Å². The zero-order valence-corrected chi connectivity index (χ0v) is 18.8. The van der Waals surface area contributed by atoms with Crippen LogP contribution in [0.3, 0.4) is 0 Å². The van der Waals surface area contributed by atoms with Gasteiger partial charge in [-0.05, 0) is 68.1 Å². The molecule has 0 bridgehead atoms. The third kappa shape index (κ3) is 4.10. The van der Waals surface area contributed by atoms with Crippen LogP contribution in [0, 0.1) is 5.82 Å². The third-order valence-corrected chi connectivity index (χ3v) is 6.53. The van der Waals surface area contributed by atoms with E-state index in [1.54, 1.807) is 6.07 Å². The Hall–Kier alpha value is -2.35. The van der Waals surface area contributed by atoms with Gasteiger partial charge < -0.3 is 9.64 Å². The SMILES string of the molecule is CCCN1c2cc(F)c(/C=C3\SC(=O)N(CC(=O)OC)C3=O)cc2C(C)CC1(C)C. The Morgan fingerprint density at radius 2 is 2.07 bits per heavy atom. The number of esters is 1. The van der Waals surface area contributed by atoms with E-state index in [1.807, 2.05) is 0 Å². The molecule has 30 heavy (non-hydrogen) atoms. The number of halogens is 1. The zero-order valence-electron chi connectivity index (χ0n) is 18.0. The summed E-state index contributed by atoms with van der Waals surface area (Å²) < 4.78 is 19.6. The summed E-state index contributed by atoms with van der Waals surface area (Å²) in [6.45, 7) is 8.94. The zero-order chi connectivity index (χ0) is 22.2. The van der Waals surface area contributed by atoms with Crippen molar-refractivity contribution in [1.29, 1.82) is 0 Å². The lowest BCUT2D eigenvalue weighted by Crippen LogP contribution is -2.48. The molecular formula is C22H27FN2O4S. The molecule has 2 heterocycles. The van der Waals surface area contributed by atoms with Crippen LogP contribution in [0.1, 0.15) is 57.6 Å². The molecule has 162 valence electrons. The maximum Gasteiger partial charge on any atom is 0.325 e. The van der Waals surface area contributed by atoms with E-state index in [4.69, 9.17) is 0 Å². The van der Waals surface area contributed by atoms with E-state index < -0.39 is 29.5 Å². The first kappa shape index (κ1) is 22.3. The maximum absolute atomic E-state index is 15.0. The Labute approximate surface area is 180 Å². The predicted octanol–water partition coefficient (Wildman–Crippen LogP) is 4.54. The van der Waals surface area contributed by atoms with Crippen molar-refractivity contribution in [2.24, 2.45) is 0 Å². The number of nitrogens with zero attached hydrogens (tertiary/aromatic N) is 2. The highest BCUT2D eigenvalue weighted by molar-refractivity contribution is 8.18. The molecule has 1 fully saturated rings. The maximum atomic E-state index is 15.0. The fraction of sp³-hybridized carbons (Fsp3) is 0.500. The summed E-state index contributed by atoms with van der Waals surface area (Å²) in [7, 11) is 1.18. The number of fused-ring (bicyclic) bond motifs is 1. The third-order valence-electron chi connectivity index (χ3n) is 5.63. The molecule has 0 spiro atoms. The molecule has 0 aromatic heterocycles. The quantitative estimate of drug-likeness (QED) is 0.501. The normalized spacial score (nSPS) is 21.9. The molecule has 1 saturated heterocycles. The van der Waals surface area contributed by atoms with Crippen molar-refractivity contribution in [3.8, 4) is 0 Å². The van der Waals surface area contributed by atoms with Gasteiger partial charge in [0.2, 0.25) is 0 Å². The number of amides is 2. The van der Waals surface area contributed by atoms with E-state index in [2.05, 4.69) is 37.3 Å². The highest BCUT2D eigenvalue weighted by atomic mass is 32.2. The van der Waals surface area contributed by atoms with Crippen LogP contribution in [0.25, 0.3) is 6.08 Å². The Morgan fingerprint density at radius 3 is 2.70 bits per heavy atom. The largest absolute Gasteiger partial charge is 0.468 e. The smallest absolute Gasteiger partial charge is 0.325 e. The molecule has 0 radical (unpaired) electrons. The first-order valence-electron chi connectivity index (χ1n) is 10.0. The second kappa shape index (κ2) is 8.41. The van der Waals surface area contributed by atoms with Gasteiger partial charge in [-0.15, -0.1) is 0 Å². The predicted molar refractivity (Wildman–Crippen MR) is 116 cm³/mol. The van der Waals surface area contributed by atoms with Crippen LogP contribution in [-0.4, -0.2) is 47.8 Å². The van der Waals surface area contributed by atoms with Gasteiger partial charge in [0, 0.05) is 23.3 Å². The summed E-state index contributed by atoms with van der Waals surface area (Å²) in [5.74, 6) is -1.52. The van der Waals surface area contributed by atoms with Gasteiger partial charge in [0.05, 0.1) is 12.0 Å². The first-order chi connectivity index (χ1) is 14.1. The highest BCUT2D eigenvalue weighted by Crippen LogP contribution is 2.45. The highest BCUT2D eigenvalue weighted by Gasteiger charge is 2.38. The number of benzene rings is 1. The van der Waals surface area contributed by atoms with Gasteiger partial charge in [-0.2, -0.15) is 0 Å². The van der Waals surface area contributed by atoms with Crippen molar-refractivity contribution < 1.29 is 23.5 Å². The van der Waals surface area contributed by atoms with E-state index in [1.165, 1.54) is 19.3 Å². The molecule has 2 amide bonds.